The van der Waals surface area contributed by atoms with E-state index in [1.165, 1.54) is 12.4 Å². The van der Waals surface area contributed by atoms with Crippen molar-refractivity contribution in [2.75, 3.05) is 38.3 Å². The van der Waals surface area contributed by atoms with Crippen molar-refractivity contribution in [3.63, 3.8) is 0 Å². The first kappa shape index (κ1) is 23.8. The molecular formula is C25H33N7O2. The Morgan fingerprint density at radius 2 is 2.00 bits per heavy atom. The van der Waals surface area contributed by atoms with Crippen molar-refractivity contribution in [3.8, 4) is 0 Å². The minimum absolute atomic E-state index is 0.187. The van der Waals surface area contributed by atoms with E-state index in [2.05, 4.69) is 27.9 Å². The molecule has 1 unspecified atom stereocenters. The van der Waals surface area contributed by atoms with Gasteiger partial charge in [0.15, 0.2) is 0 Å². The van der Waals surface area contributed by atoms with Crippen LogP contribution in [0.2, 0.25) is 0 Å². The lowest BCUT2D eigenvalue weighted by Crippen LogP contribution is -2.44. The first-order chi connectivity index (χ1) is 16.7. The molecular weight excluding hydrogens is 430 g/mol. The molecule has 0 aromatic carbocycles. The predicted octanol–water partition coefficient (Wildman–Crippen LogP) is 2.53. The van der Waals surface area contributed by atoms with Crippen molar-refractivity contribution in [1.82, 2.24) is 9.97 Å². The summed E-state index contributed by atoms with van der Waals surface area (Å²) in [6, 6.07) is 4.20. The molecule has 2 aromatic rings. The van der Waals surface area contributed by atoms with Crippen LogP contribution in [0.25, 0.3) is 10.9 Å². The van der Waals surface area contributed by atoms with E-state index in [0.717, 1.165) is 53.8 Å². The summed E-state index contributed by atoms with van der Waals surface area (Å²) in [5, 5.41) is 0.913. The van der Waals surface area contributed by atoms with Crippen LogP contribution in [0.1, 0.15) is 37.4 Å². The van der Waals surface area contributed by atoms with Gasteiger partial charge in [0.05, 0.1) is 30.7 Å². The average molecular weight is 464 g/mol. The van der Waals surface area contributed by atoms with Gasteiger partial charge in [0.2, 0.25) is 0 Å². The van der Waals surface area contributed by atoms with Gasteiger partial charge in [0.1, 0.15) is 23.3 Å². The smallest absolute Gasteiger partial charge is 0.149 e. The molecule has 4 N–H and O–H groups in total. The van der Waals surface area contributed by atoms with Crippen molar-refractivity contribution in [2.45, 2.75) is 38.5 Å². The van der Waals surface area contributed by atoms with E-state index >= 15 is 0 Å². The summed E-state index contributed by atoms with van der Waals surface area (Å²) in [6.07, 6.45) is 11.1. The Bertz CT molecular complexity index is 1120. The second kappa shape index (κ2) is 11.2. The van der Waals surface area contributed by atoms with Gasteiger partial charge in [-0.05, 0) is 62.9 Å². The van der Waals surface area contributed by atoms with Crippen LogP contribution in [0.15, 0.2) is 52.9 Å². The largest absolute Gasteiger partial charge is 0.405 e. The lowest BCUT2D eigenvalue weighted by Gasteiger charge is -2.34. The van der Waals surface area contributed by atoms with Crippen molar-refractivity contribution in [1.29, 1.82) is 0 Å². The SMILES string of the molecule is CN=C(/C=C\N)c1cc(N2CCOC[C@H]2C)nc2c(C(/C=C\N)=N\C3CCCCO3)nccc12. The fraction of sp³-hybridized carbons (Fsp3) is 0.440. The number of nitrogens with two attached hydrogens (primary N) is 2. The topological polar surface area (TPSA) is 124 Å². The number of anilines is 1. The van der Waals surface area contributed by atoms with Crippen LogP contribution in [0.5, 0.6) is 0 Å². The summed E-state index contributed by atoms with van der Waals surface area (Å²) >= 11 is 0. The molecule has 0 bridgehead atoms. The third kappa shape index (κ3) is 5.10. The fourth-order valence-electron chi connectivity index (χ4n) is 4.38. The van der Waals surface area contributed by atoms with Crippen LogP contribution in [0.3, 0.4) is 0 Å². The highest BCUT2D eigenvalue weighted by atomic mass is 16.5. The molecule has 34 heavy (non-hydrogen) atoms. The number of nitrogens with zero attached hydrogens (tertiary/aromatic N) is 5. The molecule has 0 aliphatic carbocycles. The second-order valence-electron chi connectivity index (χ2n) is 8.36. The number of fused-ring (bicyclic) bond motifs is 1. The number of pyridine rings is 2. The number of hydrogen-bond donors (Lipinski definition) is 2. The Kier molecular flexibility index (Phi) is 7.87. The quantitative estimate of drug-likeness (QED) is 0.631. The highest BCUT2D eigenvalue weighted by Gasteiger charge is 2.24. The number of aliphatic imine (C=N–C) groups is 2. The van der Waals surface area contributed by atoms with Gasteiger partial charge in [-0.15, -0.1) is 0 Å². The van der Waals surface area contributed by atoms with E-state index in [1.54, 1.807) is 25.4 Å². The van der Waals surface area contributed by atoms with E-state index < -0.39 is 0 Å². The second-order valence-corrected chi connectivity index (χ2v) is 8.36. The molecule has 180 valence electrons. The monoisotopic (exact) mass is 463 g/mol. The van der Waals surface area contributed by atoms with Gasteiger partial charge in [-0.3, -0.25) is 15.0 Å². The maximum atomic E-state index is 5.86. The Labute approximate surface area is 200 Å². The van der Waals surface area contributed by atoms with Crippen molar-refractivity contribution < 1.29 is 9.47 Å². The molecule has 2 aliphatic heterocycles. The van der Waals surface area contributed by atoms with Gasteiger partial charge in [-0.25, -0.2) is 4.98 Å². The number of ether oxygens (including phenoxy) is 2. The van der Waals surface area contributed by atoms with Crippen LogP contribution in [0, 0.1) is 0 Å². The van der Waals surface area contributed by atoms with Crippen LogP contribution in [-0.2, 0) is 9.47 Å². The molecule has 9 heteroatoms. The first-order valence-electron chi connectivity index (χ1n) is 11.7. The highest BCUT2D eigenvalue weighted by Crippen LogP contribution is 2.28. The molecule has 4 heterocycles. The maximum absolute atomic E-state index is 5.86. The zero-order chi connectivity index (χ0) is 23.9. The summed E-state index contributed by atoms with van der Waals surface area (Å²) in [6.45, 7) is 4.89. The van der Waals surface area contributed by atoms with E-state index in [4.69, 9.17) is 30.9 Å². The molecule has 0 spiro atoms. The summed E-state index contributed by atoms with van der Waals surface area (Å²) in [5.74, 6) is 0.837. The minimum atomic E-state index is -0.216. The van der Waals surface area contributed by atoms with Crippen molar-refractivity contribution in [2.24, 2.45) is 21.5 Å². The number of hydrogen-bond acceptors (Lipinski definition) is 9. The van der Waals surface area contributed by atoms with Gasteiger partial charge in [-0.1, -0.05) is 0 Å². The van der Waals surface area contributed by atoms with Crippen LogP contribution in [0.4, 0.5) is 5.82 Å². The summed E-state index contributed by atoms with van der Waals surface area (Å²) in [7, 11) is 1.76. The number of aromatic nitrogens is 2. The standard InChI is InChI=1S/C25H33N7O2/c1-17-16-33-14-12-32(17)22-15-19(20(28-2)6-9-26)18-8-11-29-25(24(18)31-22)21(7-10-27)30-23-5-3-4-13-34-23/h6-11,15,17,23H,3-5,12-14,16,26-27H2,1-2H3/b9-6-,10-7-,28-20?,30-21-/t17-,23?/m1/s1. The molecule has 0 amide bonds. The number of rotatable bonds is 6. The third-order valence-electron chi connectivity index (χ3n) is 6.08. The molecule has 9 nitrogen and oxygen atoms in total. The fourth-order valence-corrected chi connectivity index (χ4v) is 4.38. The Morgan fingerprint density at radius 3 is 2.71 bits per heavy atom. The lowest BCUT2D eigenvalue weighted by atomic mass is 10.0. The van der Waals surface area contributed by atoms with Gasteiger partial charge in [-0.2, -0.15) is 0 Å². The molecule has 2 aromatic heterocycles. The van der Waals surface area contributed by atoms with Gasteiger partial charge in [0.25, 0.3) is 0 Å². The Morgan fingerprint density at radius 1 is 1.18 bits per heavy atom. The zero-order valence-electron chi connectivity index (χ0n) is 19.9. The maximum Gasteiger partial charge on any atom is 0.149 e. The van der Waals surface area contributed by atoms with Gasteiger partial charge < -0.3 is 25.8 Å². The number of morpholine rings is 1. The van der Waals surface area contributed by atoms with E-state index in [9.17, 15) is 0 Å². The highest BCUT2D eigenvalue weighted by molar-refractivity contribution is 6.20. The summed E-state index contributed by atoms with van der Waals surface area (Å²) < 4.78 is 11.5. The molecule has 2 atom stereocenters. The summed E-state index contributed by atoms with van der Waals surface area (Å²) in [4.78, 5) is 21.4. The minimum Gasteiger partial charge on any atom is -0.405 e. The number of allylic oxidation sites excluding steroid dienone is 2. The third-order valence-corrected chi connectivity index (χ3v) is 6.08. The molecule has 2 saturated heterocycles. The van der Waals surface area contributed by atoms with E-state index in [1.807, 2.05) is 6.07 Å². The molecule has 4 rings (SSSR count). The van der Waals surface area contributed by atoms with E-state index in [-0.39, 0.29) is 12.3 Å². The first-order valence-corrected chi connectivity index (χ1v) is 11.7. The van der Waals surface area contributed by atoms with E-state index in [0.29, 0.717) is 31.2 Å². The normalized spacial score (nSPS) is 22.8. The van der Waals surface area contributed by atoms with Crippen LogP contribution in [-0.4, -0.2) is 67.1 Å². The Balaban J connectivity index is 1.94. The van der Waals surface area contributed by atoms with Gasteiger partial charge >= 0.3 is 0 Å². The van der Waals surface area contributed by atoms with Gasteiger partial charge in [0, 0.05) is 37.3 Å². The van der Waals surface area contributed by atoms with Crippen molar-refractivity contribution in [3.05, 3.63) is 54.1 Å². The van der Waals surface area contributed by atoms with Crippen LogP contribution < -0.4 is 16.4 Å². The van der Waals surface area contributed by atoms with Crippen LogP contribution >= 0.6 is 0 Å². The molecule has 0 saturated carbocycles. The van der Waals surface area contributed by atoms with Crippen molar-refractivity contribution >= 4 is 28.1 Å². The molecule has 2 fully saturated rings. The summed E-state index contributed by atoms with van der Waals surface area (Å²) in [5.41, 5.74) is 15.3. The molecule has 2 aliphatic rings. The average Bonchev–Trinajstić information content (AvgIpc) is 2.87. The zero-order valence-corrected chi connectivity index (χ0v) is 19.9. The Hall–Kier alpha value is -3.30. The predicted molar refractivity (Wildman–Crippen MR) is 136 cm³/mol. The lowest BCUT2D eigenvalue weighted by molar-refractivity contribution is 0.0224. The molecule has 0 radical (unpaired) electrons.